The Morgan fingerprint density at radius 2 is 2.07 bits per heavy atom. The molecule has 1 aliphatic rings. The molecular formula is C17H17F2N7O. The SMILES string of the molecule is CC(=O)Nc1cc2c(cn1)c(N1CCC1)nn2-c1nccc(C(C)(F)F)n1. The van der Waals surface area contributed by atoms with Crippen molar-refractivity contribution in [2.75, 3.05) is 23.3 Å². The van der Waals surface area contributed by atoms with E-state index >= 15 is 0 Å². The quantitative estimate of drug-likeness (QED) is 0.756. The highest BCUT2D eigenvalue weighted by Crippen LogP contribution is 2.32. The van der Waals surface area contributed by atoms with Crippen LogP contribution >= 0.6 is 0 Å². The van der Waals surface area contributed by atoms with E-state index in [1.807, 2.05) is 0 Å². The van der Waals surface area contributed by atoms with Crippen molar-refractivity contribution in [2.45, 2.75) is 26.2 Å². The number of pyridine rings is 1. The third-order valence-electron chi connectivity index (χ3n) is 4.29. The van der Waals surface area contributed by atoms with Crippen molar-refractivity contribution in [3.63, 3.8) is 0 Å². The maximum atomic E-state index is 13.7. The minimum Gasteiger partial charge on any atom is -0.354 e. The van der Waals surface area contributed by atoms with Gasteiger partial charge in [0.05, 0.1) is 10.9 Å². The second kappa shape index (κ2) is 6.22. The van der Waals surface area contributed by atoms with Gasteiger partial charge in [0.15, 0.2) is 5.82 Å². The molecule has 0 aliphatic carbocycles. The summed E-state index contributed by atoms with van der Waals surface area (Å²) in [5, 5.41) is 7.89. The van der Waals surface area contributed by atoms with Crippen molar-refractivity contribution < 1.29 is 13.6 Å². The lowest BCUT2D eigenvalue weighted by atomic mass is 10.2. The van der Waals surface area contributed by atoms with Crippen LogP contribution in [0.2, 0.25) is 0 Å². The zero-order valence-corrected chi connectivity index (χ0v) is 14.8. The third kappa shape index (κ3) is 3.18. The summed E-state index contributed by atoms with van der Waals surface area (Å²) in [4.78, 5) is 25.7. The number of carbonyl (C=O) groups excluding carboxylic acids is 1. The molecule has 10 heteroatoms. The van der Waals surface area contributed by atoms with Gasteiger partial charge >= 0.3 is 0 Å². The molecule has 140 valence electrons. The fourth-order valence-corrected chi connectivity index (χ4v) is 2.85. The number of aromatic nitrogens is 5. The summed E-state index contributed by atoms with van der Waals surface area (Å²) < 4.78 is 28.8. The molecule has 0 bridgehead atoms. The summed E-state index contributed by atoms with van der Waals surface area (Å²) in [5.74, 6) is -2.30. The Balaban J connectivity index is 1.89. The van der Waals surface area contributed by atoms with Gasteiger partial charge in [-0.1, -0.05) is 0 Å². The lowest BCUT2D eigenvalue weighted by Gasteiger charge is -2.31. The molecule has 0 unspecified atom stereocenters. The fraction of sp³-hybridized carbons (Fsp3) is 0.353. The van der Waals surface area contributed by atoms with E-state index < -0.39 is 11.6 Å². The van der Waals surface area contributed by atoms with E-state index in [2.05, 4.69) is 30.3 Å². The summed E-state index contributed by atoms with van der Waals surface area (Å²) in [5.41, 5.74) is 0.185. The van der Waals surface area contributed by atoms with E-state index in [4.69, 9.17) is 0 Å². The number of hydrogen-bond acceptors (Lipinski definition) is 6. The zero-order chi connectivity index (χ0) is 19.2. The number of rotatable bonds is 4. The van der Waals surface area contributed by atoms with Crippen LogP contribution in [0.25, 0.3) is 16.9 Å². The predicted molar refractivity (Wildman–Crippen MR) is 95.2 cm³/mol. The van der Waals surface area contributed by atoms with Gasteiger partial charge in [-0.15, -0.1) is 5.10 Å². The monoisotopic (exact) mass is 373 g/mol. The van der Waals surface area contributed by atoms with Crippen LogP contribution in [0.15, 0.2) is 24.5 Å². The second-order valence-corrected chi connectivity index (χ2v) is 6.47. The van der Waals surface area contributed by atoms with Crippen molar-refractivity contribution in [3.8, 4) is 5.95 Å². The summed E-state index contributed by atoms with van der Waals surface area (Å²) in [6.45, 7) is 3.87. The lowest BCUT2D eigenvalue weighted by molar-refractivity contribution is -0.114. The molecule has 1 amide bonds. The maximum absolute atomic E-state index is 13.7. The summed E-state index contributed by atoms with van der Waals surface area (Å²) >= 11 is 0. The zero-order valence-electron chi connectivity index (χ0n) is 14.8. The number of alkyl halides is 2. The topological polar surface area (TPSA) is 88.8 Å². The van der Waals surface area contributed by atoms with Crippen molar-refractivity contribution >= 4 is 28.4 Å². The molecule has 0 saturated carbocycles. The first-order valence-corrected chi connectivity index (χ1v) is 8.46. The van der Waals surface area contributed by atoms with Gasteiger partial charge in [0.1, 0.15) is 11.5 Å². The predicted octanol–water partition coefficient (Wildman–Crippen LogP) is 2.49. The standard InChI is InChI=1S/C17H17F2N7O/c1-10(27)22-14-8-12-11(9-21-14)15(25-6-3-7-25)24-26(12)16-20-5-4-13(23-16)17(2,18)19/h4-5,8-9H,3,6-7H2,1-2H3,(H,21,22,27). The minimum atomic E-state index is -3.09. The first-order chi connectivity index (χ1) is 12.8. The van der Waals surface area contributed by atoms with Crippen molar-refractivity contribution in [1.82, 2.24) is 24.7 Å². The van der Waals surface area contributed by atoms with Crippen LogP contribution < -0.4 is 10.2 Å². The van der Waals surface area contributed by atoms with E-state index in [0.29, 0.717) is 17.2 Å². The van der Waals surface area contributed by atoms with E-state index in [1.165, 1.54) is 23.9 Å². The van der Waals surface area contributed by atoms with E-state index in [1.54, 1.807) is 12.3 Å². The summed E-state index contributed by atoms with van der Waals surface area (Å²) in [6.07, 6.45) is 3.94. The van der Waals surface area contributed by atoms with Crippen LogP contribution in [0.1, 0.15) is 26.0 Å². The molecule has 0 radical (unpaired) electrons. The van der Waals surface area contributed by atoms with Gasteiger partial charge in [0, 0.05) is 45.4 Å². The van der Waals surface area contributed by atoms with E-state index in [-0.39, 0.29) is 11.9 Å². The van der Waals surface area contributed by atoms with Gasteiger partial charge in [-0.2, -0.15) is 13.5 Å². The van der Waals surface area contributed by atoms with Gasteiger partial charge in [-0.25, -0.2) is 15.0 Å². The molecule has 8 nitrogen and oxygen atoms in total. The molecule has 0 atom stereocenters. The van der Waals surface area contributed by atoms with Crippen molar-refractivity contribution in [1.29, 1.82) is 0 Å². The number of hydrogen-bond donors (Lipinski definition) is 1. The van der Waals surface area contributed by atoms with Gasteiger partial charge in [0.2, 0.25) is 5.91 Å². The molecule has 0 aromatic carbocycles. The highest BCUT2D eigenvalue weighted by molar-refractivity contribution is 5.95. The largest absolute Gasteiger partial charge is 0.354 e. The number of nitrogens with one attached hydrogen (secondary N) is 1. The number of carbonyl (C=O) groups is 1. The molecule has 1 fully saturated rings. The Hall–Kier alpha value is -3.17. The Morgan fingerprint density at radius 1 is 1.30 bits per heavy atom. The molecule has 1 saturated heterocycles. The third-order valence-corrected chi connectivity index (χ3v) is 4.29. The van der Waals surface area contributed by atoms with Crippen LogP contribution in [0.4, 0.5) is 20.4 Å². The van der Waals surface area contributed by atoms with Crippen LogP contribution in [-0.2, 0) is 10.7 Å². The number of halogens is 2. The molecule has 1 N–H and O–H groups in total. The molecular weight excluding hydrogens is 356 g/mol. The minimum absolute atomic E-state index is 0.0331. The number of anilines is 2. The van der Waals surface area contributed by atoms with Gasteiger partial charge in [0.25, 0.3) is 11.9 Å². The Morgan fingerprint density at radius 3 is 2.70 bits per heavy atom. The van der Waals surface area contributed by atoms with Crippen molar-refractivity contribution in [2.24, 2.45) is 0 Å². The Bertz CT molecular complexity index is 1020. The first-order valence-electron chi connectivity index (χ1n) is 8.46. The number of fused-ring (bicyclic) bond motifs is 1. The van der Waals surface area contributed by atoms with E-state index in [9.17, 15) is 13.6 Å². The first kappa shape index (κ1) is 17.3. The highest BCUT2D eigenvalue weighted by Gasteiger charge is 2.28. The average molecular weight is 373 g/mol. The Kier molecular flexibility index (Phi) is 3.97. The molecule has 3 aromatic rings. The van der Waals surface area contributed by atoms with Gasteiger partial charge in [-0.3, -0.25) is 4.79 Å². The van der Waals surface area contributed by atoms with Crippen LogP contribution in [0, 0.1) is 0 Å². The fourth-order valence-electron chi connectivity index (χ4n) is 2.85. The van der Waals surface area contributed by atoms with E-state index in [0.717, 1.165) is 31.8 Å². The van der Waals surface area contributed by atoms with Gasteiger partial charge in [-0.05, 0) is 12.5 Å². The molecule has 4 rings (SSSR count). The lowest BCUT2D eigenvalue weighted by Crippen LogP contribution is -2.37. The summed E-state index contributed by atoms with van der Waals surface area (Å²) in [7, 11) is 0. The molecule has 0 spiro atoms. The maximum Gasteiger partial charge on any atom is 0.287 e. The smallest absolute Gasteiger partial charge is 0.287 e. The number of amides is 1. The van der Waals surface area contributed by atoms with Crippen molar-refractivity contribution in [3.05, 3.63) is 30.2 Å². The summed E-state index contributed by atoms with van der Waals surface area (Å²) in [6, 6.07) is 2.81. The molecule has 27 heavy (non-hydrogen) atoms. The number of nitrogens with zero attached hydrogens (tertiary/aromatic N) is 6. The van der Waals surface area contributed by atoms with Crippen LogP contribution in [0.5, 0.6) is 0 Å². The van der Waals surface area contributed by atoms with Crippen LogP contribution in [-0.4, -0.2) is 43.7 Å². The normalized spacial score (nSPS) is 14.3. The van der Waals surface area contributed by atoms with Crippen LogP contribution in [0.3, 0.4) is 0 Å². The van der Waals surface area contributed by atoms with Gasteiger partial charge < -0.3 is 10.2 Å². The second-order valence-electron chi connectivity index (χ2n) is 6.47. The molecule has 3 aromatic heterocycles. The molecule has 1 aliphatic heterocycles. The average Bonchev–Trinajstić information content (AvgIpc) is 2.91. The Labute approximate surface area is 153 Å². The highest BCUT2D eigenvalue weighted by atomic mass is 19.3. The molecule has 4 heterocycles.